The summed E-state index contributed by atoms with van der Waals surface area (Å²) in [7, 11) is 0. The van der Waals surface area contributed by atoms with Crippen LogP contribution in [-0.4, -0.2) is 10.9 Å². The highest BCUT2D eigenvalue weighted by molar-refractivity contribution is 7.80. The highest BCUT2D eigenvalue weighted by Crippen LogP contribution is 2.34. The molecule has 3 rings (SSSR count). The summed E-state index contributed by atoms with van der Waals surface area (Å²) in [6.07, 6.45) is 0. The third-order valence-corrected chi connectivity index (χ3v) is 4.81. The fourth-order valence-corrected chi connectivity index (χ4v) is 3.48. The van der Waals surface area contributed by atoms with Crippen molar-refractivity contribution < 1.29 is 9.53 Å². The Balaban J connectivity index is 1.93. The van der Waals surface area contributed by atoms with Crippen LogP contribution in [0.2, 0.25) is 5.02 Å². The smallest absolute Gasteiger partial charge is 0.171 e. The van der Waals surface area contributed by atoms with Crippen molar-refractivity contribution in [2.75, 3.05) is 0 Å². The lowest BCUT2D eigenvalue weighted by Crippen LogP contribution is -2.44. The number of hydrogen-bond acceptors (Lipinski definition) is 3. The molecule has 1 aliphatic rings. The number of allylic oxidation sites excluding steroid dienone is 1. The lowest BCUT2D eigenvalue weighted by molar-refractivity contribution is -0.114. The molecule has 0 saturated heterocycles. The molecule has 0 amide bonds. The van der Waals surface area contributed by atoms with Gasteiger partial charge in [0.25, 0.3) is 0 Å². The molecule has 4 nitrogen and oxygen atoms in total. The van der Waals surface area contributed by atoms with E-state index in [-0.39, 0.29) is 11.8 Å². The fourth-order valence-electron chi connectivity index (χ4n) is 3.02. The number of carbonyl (C=O) groups is 1. The summed E-state index contributed by atoms with van der Waals surface area (Å²) in [5.74, 6) is 0.664. The van der Waals surface area contributed by atoms with Gasteiger partial charge in [-0.25, -0.2) is 0 Å². The Labute approximate surface area is 163 Å². The highest BCUT2D eigenvalue weighted by Gasteiger charge is 2.29. The zero-order valence-electron chi connectivity index (χ0n) is 14.5. The van der Waals surface area contributed by atoms with Gasteiger partial charge < -0.3 is 15.4 Å². The third kappa shape index (κ3) is 3.89. The van der Waals surface area contributed by atoms with E-state index in [1.54, 1.807) is 6.92 Å². The number of halogens is 1. The average Bonchev–Trinajstić information content (AvgIpc) is 2.60. The van der Waals surface area contributed by atoms with Gasteiger partial charge >= 0.3 is 0 Å². The van der Waals surface area contributed by atoms with Gasteiger partial charge in [0.2, 0.25) is 0 Å². The number of ketones is 1. The van der Waals surface area contributed by atoms with Crippen molar-refractivity contribution in [1.82, 2.24) is 10.6 Å². The maximum absolute atomic E-state index is 12.2. The van der Waals surface area contributed by atoms with E-state index in [0.29, 0.717) is 28.1 Å². The van der Waals surface area contributed by atoms with Crippen molar-refractivity contribution in [2.24, 2.45) is 0 Å². The number of benzene rings is 2. The molecule has 0 radical (unpaired) electrons. The maximum atomic E-state index is 12.2. The summed E-state index contributed by atoms with van der Waals surface area (Å²) in [6, 6.07) is 14.8. The van der Waals surface area contributed by atoms with E-state index in [1.165, 1.54) is 0 Å². The van der Waals surface area contributed by atoms with Crippen LogP contribution >= 0.6 is 23.8 Å². The van der Waals surface area contributed by atoms with E-state index in [9.17, 15) is 4.79 Å². The van der Waals surface area contributed by atoms with Crippen molar-refractivity contribution >= 4 is 34.7 Å². The van der Waals surface area contributed by atoms with Crippen LogP contribution in [0.4, 0.5) is 0 Å². The van der Waals surface area contributed by atoms with Crippen molar-refractivity contribution in [1.29, 1.82) is 0 Å². The van der Waals surface area contributed by atoms with Crippen molar-refractivity contribution in [3.63, 3.8) is 0 Å². The summed E-state index contributed by atoms with van der Waals surface area (Å²) < 4.78 is 6.03. The molecule has 0 saturated carbocycles. The number of ether oxygens (including phenoxy) is 1. The molecule has 1 heterocycles. The predicted molar refractivity (Wildman–Crippen MR) is 107 cm³/mol. The van der Waals surface area contributed by atoms with Crippen molar-refractivity contribution in [3.05, 3.63) is 76.0 Å². The largest absolute Gasteiger partial charge is 0.488 e. The molecule has 0 bridgehead atoms. The Morgan fingerprint density at radius 3 is 2.62 bits per heavy atom. The van der Waals surface area contributed by atoms with Gasteiger partial charge in [-0.2, -0.15) is 0 Å². The highest BCUT2D eigenvalue weighted by atomic mass is 35.5. The van der Waals surface area contributed by atoms with Crippen LogP contribution < -0.4 is 15.4 Å². The number of Topliss-reactive ketones (excluding diaryl/α,β-unsaturated/α-hetero) is 1. The van der Waals surface area contributed by atoms with Crippen LogP contribution in [0.1, 0.15) is 31.0 Å². The Kier molecular flexibility index (Phi) is 5.59. The molecule has 2 N–H and O–H groups in total. The van der Waals surface area contributed by atoms with E-state index in [1.807, 2.05) is 55.5 Å². The van der Waals surface area contributed by atoms with Gasteiger partial charge in [-0.3, -0.25) is 4.79 Å². The van der Waals surface area contributed by atoms with E-state index in [0.717, 1.165) is 16.8 Å². The van der Waals surface area contributed by atoms with Gasteiger partial charge in [0, 0.05) is 27.4 Å². The standard InChI is InChI=1S/C20H19ClN2O2S/c1-12-18(13(2)24)19(23-20(26)22-12)15-8-4-6-10-17(15)25-11-14-7-3-5-9-16(14)21/h3-10,19H,11H2,1-2H3,(H2,22,23,26)/t19-/m1/s1. The van der Waals surface area contributed by atoms with Gasteiger partial charge in [-0.15, -0.1) is 0 Å². The molecule has 0 spiro atoms. The van der Waals surface area contributed by atoms with Crippen molar-refractivity contribution in [2.45, 2.75) is 26.5 Å². The molecular weight excluding hydrogens is 368 g/mol. The van der Waals surface area contributed by atoms with Crippen LogP contribution in [-0.2, 0) is 11.4 Å². The summed E-state index contributed by atoms with van der Waals surface area (Å²) in [5.41, 5.74) is 3.16. The molecule has 1 aliphatic heterocycles. The van der Waals surface area contributed by atoms with Crippen LogP contribution in [0.3, 0.4) is 0 Å². The van der Waals surface area contributed by atoms with Gasteiger partial charge in [-0.05, 0) is 38.2 Å². The second-order valence-electron chi connectivity index (χ2n) is 6.04. The lowest BCUT2D eigenvalue weighted by atomic mass is 9.92. The predicted octanol–water partition coefficient (Wildman–Crippen LogP) is 4.30. The van der Waals surface area contributed by atoms with Crippen molar-refractivity contribution in [3.8, 4) is 5.75 Å². The minimum absolute atomic E-state index is 0.0177. The van der Waals surface area contributed by atoms with E-state index in [4.69, 9.17) is 28.6 Å². The van der Waals surface area contributed by atoms with Crippen LogP contribution in [0.25, 0.3) is 0 Å². The first kappa shape index (κ1) is 18.4. The number of thiocarbonyl (C=S) groups is 1. The topological polar surface area (TPSA) is 50.4 Å². The Morgan fingerprint density at radius 1 is 1.19 bits per heavy atom. The molecular formula is C20H19ClN2O2S. The Bertz CT molecular complexity index is 895. The number of carbonyl (C=O) groups excluding carboxylic acids is 1. The molecule has 6 heteroatoms. The number of hydrogen-bond donors (Lipinski definition) is 2. The first-order valence-electron chi connectivity index (χ1n) is 8.21. The summed E-state index contributed by atoms with van der Waals surface area (Å²) in [5, 5.41) is 7.34. The number of nitrogens with one attached hydrogen (secondary N) is 2. The van der Waals surface area contributed by atoms with Gasteiger partial charge in [0.15, 0.2) is 10.9 Å². The zero-order valence-corrected chi connectivity index (χ0v) is 16.1. The minimum atomic E-state index is -0.358. The second kappa shape index (κ2) is 7.89. The molecule has 1 atom stereocenters. The number of para-hydroxylation sites is 1. The monoisotopic (exact) mass is 386 g/mol. The van der Waals surface area contributed by atoms with E-state index < -0.39 is 0 Å². The fraction of sp³-hybridized carbons (Fsp3) is 0.200. The normalized spacial score (nSPS) is 16.7. The first-order chi connectivity index (χ1) is 12.5. The lowest BCUT2D eigenvalue weighted by Gasteiger charge is -2.30. The van der Waals surface area contributed by atoms with Gasteiger partial charge in [-0.1, -0.05) is 48.0 Å². The number of rotatable bonds is 5. The molecule has 0 aliphatic carbocycles. The third-order valence-electron chi connectivity index (χ3n) is 4.22. The molecule has 2 aromatic rings. The van der Waals surface area contributed by atoms with Crippen LogP contribution in [0.15, 0.2) is 59.8 Å². The maximum Gasteiger partial charge on any atom is 0.171 e. The van der Waals surface area contributed by atoms with Crippen LogP contribution in [0.5, 0.6) is 5.75 Å². The molecule has 0 unspecified atom stereocenters. The quantitative estimate of drug-likeness (QED) is 0.750. The summed E-state index contributed by atoms with van der Waals surface area (Å²) >= 11 is 11.5. The summed E-state index contributed by atoms with van der Waals surface area (Å²) in [4.78, 5) is 12.2. The van der Waals surface area contributed by atoms with Gasteiger partial charge in [0.1, 0.15) is 12.4 Å². The van der Waals surface area contributed by atoms with E-state index >= 15 is 0 Å². The van der Waals surface area contributed by atoms with E-state index in [2.05, 4.69) is 10.6 Å². The second-order valence-corrected chi connectivity index (χ2v) is 6.86. The summed E-state index contributed by atoms with van der Waals surface area (Å²) in [6.45, 7) is 3.74. The minimum Gasteiger partial charge on any atom is -0.488 e. The molecule has 2 aromatic carbocycles. The zero-order chi connectivity index (χ0) is 18.7. The van der Waals surface area contributed by atoms with Crippen LogP contribution in [0, 0.1) is 0 Å². The molecule has 0 aromatic heterocycles. The Morgan fingerprint density at radius 2 is 1.88 bits per heavy atom. The Hall–Kier alpha value is -2.37. The molecule has 0 fully saturated rings. The average molecular weight is 387 g/mol. The SMILES string of the molecule is CC(=O)C1=C(C)NC(=S)N[C@@H]1c1ccccc1OCc1ccccc1Cl. The molecule has 26 heavy (non-hydrogen) atoms. The molecule has 134 valence electrons. The van der Waals surface area contributed by atoms with Gasteiger partial charge in [0.05, 0.1) is 6.04 Å². The first-order valence-corrected chi connectivity index (χ1v) is 9.00.